The molecule has 2 heterocycles. The molecule has 1 aromatic carbocycles. The average Bonchev–Trinajstić information content (AvgIpc) is 3.08. The van der Waals surface area contributed by atoms with Crippen LogP contribution in [0.3, 0.4) is 0 Å². The molecular formula is C14H9ClN2OS2. The lowest BCUT2D eigenvalue weighted by Gasteiger charge is -1.96. The molecule has 3 aromatic rings. The van der Waals surface area contributed by atoms with Gasteiger partial charge in [-0.3, -0.25) is 4.79 Å². The number of hydrogen-bond donors (Lipinski definition) is 1. The van der Waals surface area contributed by atoms with E-state index < -0.39 is 0 Å². The van der Waals surface area contributed by atoms with E-state index in [1.165, 1.54) is 11.3 Å². The fourth-order valence-electron chi connectivity index (χ4n) is 1.72. The summed E-state index contributed by atoms with van der Waals surface area (Å²) in [6.07, 6.45) is 1.61. The molecule has 0 radical (unpaired) electrons. The Balaban J connectivity index is 1.80. The number of nitrogens with one attached hydrogen (secondary N) is 1. The van der Waals surface area contributed by atoms with Gasteiger partial charge in [0.1, 0.15) is 4.88 Å². The van der Waals surface area contributed by atoms with Crippen molar-refractivity contribution in [2.24, 2.45) is 5.10 Å². The number of halogens is 1. The molecule has 20 heavy (non-hydrogen) atoms. The van der Waals surface area contributed by atoms with Crippen molar-refractivity contribution in [3.05, 3.63) is 56.6 Å². The van der Waals surface area contributed by atoms with Gasteiger partial charge in [0.25, 0.3) is 5.91 Å². The van der Waals surface area contributed by atoms with E-state index in [-0.39, 0.29) is 5.91 Å². The number of fused-ring (bicyclic) bond motifs is 1. The number of hydrogen-bond acceptors (Lipinski definition) is 4. The average molecular weight is 321 g/mol. The maximum atomic E-state index is 12.1. The third-order valence-corrected chi connectivity index (χ3v) is 5.04. The Labute approximate surface area is 128 Å². The summed E-state index contributed by atoms with van der Waals surface area (Å²) in [7, 11) is 0. The lowest BCUT2D eigenvalue weighted by Crippen LogP contribution is -2.16. The second-order valence-electron chi connectivity index (χ2n) is 4.00. The highest BCUT2D eigenvalue weighted by Crippen LogP contribution is 2.34. The quantitative estimate of drug-likeness (QED) is 0.564. The molecule has 3 rings (SSSR count). The molecule has 1 N–H and O–H groups in total. The number of benzene rings is 1. The van der Waals surface area contributed by atoms with Crippen LogP contribution in [-0.4, -0.2) is 12.1 Å². The molecule has 0 atom stereocenters. The van der Waals surface area contributed by atoms with Crippen molar-refractivity contribution >= 4 is 56.5 Å². The van der Waals surface area contributed by atoms with E-state index in [2.05, 4.69) is 10.5 Å². The van der Waals surface area contributed by atoms with Crippen molar-refractivity contribution in [1.82, 2.24) is 5.43 Å². The molecule has 100 valence electrons. The van der Waals surface area contributed by atoms with Crippen LogP contribution in [0.2, 0.25) is 5.02 Å². The predicted octanol–water partition coefficient (Wildman–Crippen LogP) is 4.38. The van der Waals surface area contributed by atoms with Crippen LogP contribution >= 0.6 is 34.3 Å². The monoisotopic (exact) mass is 320 g/mol. The van der Waals surface area contributed by atoms with E-state index in [9.17, 15) is 4.79 Å². The van der Waals surface area contributed by atoms with E-state index in [4.69, 9.17) is 11.6 Å². The number of thiophene rings is 2. The van der Waals surface area contributed by atoms with Gasteiger partial charge in [0.2, 0.25) is 0 Å². The molecule has 0 bridgehead atoms. The van der Waals surface area contributed by atoms with Gasteiger partial charge >= 0.3 is 0 Å². The fourth-order valence-corrected chi connectivity index (χ4v) is 3.74. The maximum absolute atomic E-state index is 12.1. The summed E-state index contributed by atoms with van der Waals surface area (Å²) in [6, 6.07) is 9.59. The normalized spacial score (nSPS) is 11.2. The van der Waals surface area contributed by atoms with Gasteiger partial charge in [0.15, 0.2) is 0 Å². The van der Waals surface area contributed by atoms with Crippen molar-refractivity contribution in [2.75, 3.05) is 0 Å². The van der Waals surface area contributed by atoms with E-state index in [1.54, 1.807) is 17.6 Å². The number of hydrazone groups is 1. The summed E-state index contributed by atoms with van der Waals surface area (Å²) in [4.78, 5) is 12.5. The topological polar surface area (TPSA) is 41.5 Å². The van der Waals surface area contributed by atoms with Crippen LogP contribution in [0.1, 0.15) is 15.2 Å². The number of rotatable bonds is 3. The zero-order valence-electron chi connectivity index (χ0n) is 10.2. The first kappa shape index (κ1) is 13.3. The van der Waals surface area contributed by atoms with E-state index >= 15 is 0 Å². The van der Waals surface area contributed by atoms with Gasteiger partial charge in [-0.2, -0.15) is 16.4 Å². The van der Waals surface area contributed by atoms with Crippen molar-refractivity contribution < 1.29 is 4.79 Å². The molecule has 0 aliphatic heterocycles. The van der Waals surface area contributed by atoms with E-state index in [1.807, 2.05) is 41.1 Å². The van der Waals surface area contributed by atoms with Crippen molar-refractivity contribution in [3.63, 3.8) is 0 Å². The van der Waals surface area contributed by atoms with Crippen LogP contribution in [0, 0.1) is 0 Å². The molecule has 0 aliphatic rings. The van der Waals surface area contributed by atoms with Gasteiger partial charge < -0.3 is 0 Å². The molecule has 0 saturated carbocycles. The third kappa shape index (κ3) is 2.60. The van der Waals surface area contributed by atoms with Crippen LogP contribution in [0.4, 0.5) is 0 Å². The van der Waals surface area contributed by atoms with Crippen molar-refractivity contribution in [2.45, 2.75) is 0 Å². The lowest BCUT2D eigenvalue weighted by atomic mass is 10.2. The number of amides is 1. The summed E-state index contributed by atoms with van der Waals surface area (Å²) in [5.41, 5.74) is 3.46. The van der Waals surface area contributed by atoms with E-state index in [0.717, 1.165) is 15.6 Å². The van der Waals surface area contributed by atoms with Crippen LogP contribution in [0.5, 0.6) is 0 Å². The van der Waals surface area contributed by atoms with Gasteiger partial charge in [0.05, 0.1) is 11.2 Å². The second-order valence-corrected chi connectivity index (χ2v) is 6.21. The molecule has 6 heteroatoms. The van der Waals surface area contributed by atoms with Crippen LogP contribution in [-0.2, 0) is 0 Å². The van der Waals surface area contributed by atoms with Gasteiger partial charge in [0, 0.05) is 15.6 Å². The predicted molar refractivity (Wildman–Crippen MR) is 86.2 cm³/mol. The number of carbonyl (C=O) groups is 1. The standard InChI is InChI=1S/C14H9ClN2OS2/c15-12-10-3-1-2-4-11(10)20-13(12)14(18)17-16-7-9-5-6-19-8-9/h1-8H,(H,17,18). The summed E-state index contributed by atoms with van der Waals surface area (Å²) >= 11 is 9.17. The van der Waals surface area contributed by atoms with Gasteiger partial charge in [-0.1, -0.05) is 29.8 Å². The Hall–Kier alpha value is -1.69. The van der Waals surface area contributed by atoms with E-state index in [0.29, 0.717) is 9.90 Å². The molecular weight excluding hydrogens is 312 g/mol. The minimum atomic E-state index is -0.289. The summed E-state index contributed by atoms with van der Waals surface area (Å²) in [6.45, 7) is 0. The van der Waals surface area contributed by atoms with Crippen molar-refractivity contribution in [1.29, 1.82) is 0 Å². The zero-order valence-corrected chi connectivity index (χ0v) is 12.6. The molecule has 0 aliphatic carbocycles. The fraction of sp³-hybridized carbons (Fsp3) is 0. The highest BCUT2D eigenvalue weighted by atomic mass is 35.5. The molecule has 1 amide bonds. The van der Waals surface area contributed by atoms with Crippen LogP contribution < -0.4 is 5.43 Å². The van der Waals surface area contributed by atoms with Crippen molar-refractivity contribution in [3.8, 4) is 0 Å². The highest BCUT2D eigenvalue weighted by Gasteiger charge is 2.16. The maximum Gasteiger partial charge on any atom is 0.283 e. The lowest BCUT2D eigenvalue weighted by molar-refractivity contribution is 0.0959. The molecule has 0 saturated heterocycles. The molecule has 3 nitrogen and oxygen atoms in total. The highest BCUT2D eigenvalue weighted by molar-refractivity contribution is 7.21. The Kier molecular flexibility index (Phi) is 3.82. The Morgan fingerprint density at radius 2 is 2.15 bits per heavy atom. The Morgan fingerprint density at radius 1 is 1.30 bits per heavy atom. The molecule has 2 aromatic heterocycles. The summed E-state index contributed by atoms with van der Waals surface area (Å²) in [5.74, 6) is -0.289. The van der Waals surface area contributed by atoms with Gasteiger partial charge in [-0.15, -0.1) is 11.3 Å². The Morgan fingerprint density at radius 3 is 2.90 bits per heavy atom. The van der Waals surface area contributed by atoms with Gasteiger partial charge in [-0.05, 0) is 22.9 Å². The summed E-state index contributed by atoms with van der Waals surface area (Å²) < 4.78 is 0.990. The summed E-state index contributed by atoms with van der Waals surface area (Å²) in [5, 5.41) is 9.20. The van der Waals surface area contributed by atoms with Crippen LogP contribution in [0.25, 0.3) is 10.1 Å². The van der Waals surface area contributed by atoms with Crippen LogP contribution in [0.15, 0.2) is 46.2 Å². The van der Waals surface area contributed by atoms with Gasteiger partial charge in [-0.25, -0.2) is 5.43 Å². The first-order chi connectivity index (χ1) is 9.75. The first-order valence-electron chi connectivity index (χ1n) is 5.78. The first-order valence-corrected chi connectivity index (χ1v) is 7.92. The Bertz CT molecular complexity index is 778. The molecule has 0 unspecified atom stereocenters. The number of nitrogens with zero attached hydrogens (tertiary/aromatic N) is 1. The number of carbonyl (C=O) groups excluding carboxylic acids is 1. The second kappa shape index (κ2) is 5.75. The SMILES string of the molecule is O=C(NN=Cc1ccsc1)c1sc2ccccc2c1Cl. The zero-order chi connectivity index (χ0) is 13.9. The molecule has 0 fully saturated rings. The minimum Gasteiger partial charge on any atom is -0.266 e. The third-order valence-electron chi connectivity index (χ3n) is 2.66. The molecule has 0 spiro atoms. The smallest absolute Gasteiger partial charge is 0.266 e. The minimum absolute atomic E-state index is 0.289. The largest absolute Gasteiger partial charge is 0.283 e.